The summed E-state index contributed by atoms with van der Waals surface area (Å²) in [6.07, 6.45) is 7.47. The Hall–Kier alpha value is -1.31. The molecule has 112 valence electrons. The molecule has 3 aliphatic rings. The number of rotatable bonds is 2. The number of hydrogen-bond donors (Lipinski definition) is 0. The third-order valence-corrected chi connectivity index (χ3v) is 6.13. The molecule has 1 heterocycles. The molecule has 1 amide bonds. The summed E-state index contributed by atoms with van der Waals surface area (Å²) in [6.45, 7) is 1.93. The second-order valence-electron chi connectivity index (χ2n) is 7.29. The van der Waals surface area contributed by atoms with Crippen molar-refractivity contribution in [2.45, 2.75) is 44.4 Å². The maximum Gasteiger partial charge on any atom is 0.225 e. The third kappa shape index (κ3) is 2.49. The van der Waals surface area contributed by atoms with Gasteiger partial charge in [0.1, 0.15) is 0 Å². The SMILES string of the molecule is O=C(C1CC2CCC1C2)N1CCC(c2ccccc2)CC1. The number of nitrogens with zero attached hydrogens (tertiary/aromatic N) is 1. The van der Waals surface area contributed by atoms with E-state index in [0.717, 1.165) is 31.8 Å². The van der Waals surface area contributed by atoms with E-state index in [9.17, 15) is 4.79 Å². The van der Waals surface area contributed by atoms with Crippen LogP contribution in [0.4, 0.5) is 0 Å². The molecule has 1 aliphatic heterocycles. The Morgan fingerprint density at radius 3 is 2.33 bits per heavy atom. The standard InChI is InChI=1S/C19H25NO/c21-19(18-13-14-6-7-17(18)12-14)20-10-8-16(9-11-20)15-4-2-1-3-5-15/h1-5,14,16-18H,6-13H2. The van der Waals surface area contributed by atoms with Crippen molar-refractivity contribution in [3.8, 4) is 0 Å². The Balaban J connectivity index is 1.36. The predicted octanol–water partition coefficient (Wildman–Crippen LogP) is 3.83. The Kier molecular flexibility index (Phi) is 3.48. The normalized spacial score (nSPS) is 32.6. The smallest absolute Gasteiger partial charge is 0.225 e. The summed E-state index contributed by atoms with van der Waals surface area (Å²) < 4.78 is 0. The van der Waals surface area contributed by atoms with Gasteiger partial charge in [-0.1, -0.05) is 36.8 Å². The van der Waals surface area contributed by atoms with Crippen molar-refractivity contribution in [3.63, 3.8) is 0 Å². The molecule has 21 heavy (non-hydrogen) atoms. The minimum absolute atomic E-state index is 0.372. The molecule has 0 radical (unpaired) electrons. The largest absolute Gasteiger partial charge is 0.342 e. The molecule has 2 saturated carbocycles. The van der Waals surface area contributed by atoms with Gasteiger partial charge in [-0.3, -0.25) is 4.79 Å². The van der Waals surface area contributed by atoms with E-state index in [-0.39, 0.29) is 0 Å². The second-order valence-corrected chi connectivity index (χ2v) is 7.29. The molecule has 3 atom stereocenters. The molecule has 2 heteroatoms. The van der Waals surface area contributed by atoms with Gasteiger partial charge in [0.05, 0.1) is 0 Å². The summed E-state index contributed by atoms with van der Waals surface area (Å²) in [4.78, 5) is 14.9. The fraction of sp³-hybridized carbons (Fsp3) is 0.632. The molecular weight excluding hydrogens is 258 g/mol. The summed E-state index contributed by atoms with van der Waals surface area (Å²) in [5.41, 5.74) is 1.45. The lowest BCUT2D eigenvalue weighted by atomic mass is 9.85. The van der Waals surface area contributed by atoms with E-state index in [2.05, 4.69) is 35.2 Å². The van der Waals surface area contributed by atoms with Crippen LogP contribution in [0.5, 0.6) is 0 Å². The summed E-state index contributed by atoms with van der Waals surface area (Å²) >= 11 is 0. The van der Waals surface area contributed by atoms with Crippen molar-refractivity contribution in [1.29, 1.82) is 0 Å². The average Bonchev–Trinajstić information content (AvgIpc) is 3.18. The molecule has 1 aromatic rings. The van der Waals surface area contributed by atoms with Gasteiger partial charge in [0.2, 0.25) is 5.91 Å². The molecule has 2 aliphatic carbocycles. The van der Waals surface area contributed by atoms with Gasteiger partial charge < -0.3 is 4.90 Å². The Morgan fingerprint density at radius 2 is 1.71 bits per heavy atom. The molecular formula is C19H25NO. The topological polar surface area (TPSA) is 20.3 Å². The summed E-state index contributed by atoms with van der Waals surface area (Å²) in [5, 5.41) is 0. The van der Waals surface area contributed by atoms with E-state index in [1.807, 2.05) is 0 Å². The first-order valence-electron chi connectivity index (χ1n) is 8.65. The molecule has 0 aromatic heterocycles. The summed E-state index contributed by atoms with van der Waals surface area (Å²) in [7, 11) is 0. The zero-order valence-corrected chi connectivity index (χ0v) is 12.7. The first kappa shape index (κ1) is 13.4. The monoisotopic (exact) mass is 283 g/mol. The zero-order chi connectivity index (χ0) is 14.2. The number of carbonyl (C=O) groups is 1. The van der Waals surface area contributed by atoms with E-state index >= 15 is 0 Å². The molecule has 1 aromatic carbocycles. The van der Waals surface area contributed by atoms with Crippen LogP contribution in [-0.4, -0.2) is 23.9 Å². The lowest BCUT2D eigenvalue weighted by molar-refractivity contribution is -0.138. The van der Waals surface area contributed by atoms with Gasteiger partial charge in [0.15, 0.2) is 0 Å². The maximum atomic E-state index is 12.8. The molecule has 2 bridgehead atoms. The highest BCUT2D eigenvalue weighted by atomic mass is 16.2. The molecule has 0 N–H and O–H groups in total. The van der Waals surface area contributed by atoms with Gasteiger partial charge in [0.25, 0.3) is 0 Å². The number of piperidine rings is 1. The maximum absolute atomic E-state index is 12.8. The van der Waals surface area contributed by atoms with Gasteiger partial charge >= 0.3 is 0 Å². The van der Waals surface area contributed by atoms with Crippen molar-refractivity contribution < 1.29 is 4.79 Å². The first-order chi connectivity index (χ1) is 10.3. The van der Waals surface area contributed by atoms with Gasteiger partial charge in [0, 0.05) is 19.0 Å². The highest BCUT2D eigenvalue weighted by molar-refractivity contribution is 5.79. The van der Waals surface area contributed by atoms with E-state index in [1.54, 1.807) is 0 Å². The van der Waals surface area contributed by atoms with Crippen LogP contribution in [0.2, 0.25) is 0 Å². The predicted molar refractivity (Wildman–Crippen MR) is 83.9 cm³/mol. The number of benzene rings is 1. The fourth-order valence-electron chi connectivity index (χ4n) is 4.94. The molecule has 1 saturated heterocycles. The minimum atomic E-state index is 0.372. The van der Waals surface area contributed by atoms with E-state index in [0.29, 0.717) is 23.7 Å². The van der Waals surface area contributed by atoms with Gasteiger partial charge in [-0.05, 0) is 55.4 Å². The Bertz CT molecular complexity index is 504. The Morgan fingerprint density at radius 1 is 0.952 bits per heavy atom. The van der Waals surface area contributed by atoms with Crippen molar-refractivity contribution in [2.75, 3.05) is 13.1 Å². The molecule has 3 unspecified atom stereocenters. The van der Waals surface area contributed by atoms with E-state index in [1.165, 1.54) is 31.2 Å². The average molecular weight is 283 g/mol. The molecule has 3 fully saturated rings. The lowest BCUT2D eigenvalue weighted by Crippen LogP contribution is -2.42. The van der Waals surface area contributed by atoms with Crippen molar-refractivity contribution in [3.05, 3.63) is 35.9 Å². The van der Waals surface area contributed by atoms with Crippen LogP contribution < -0.4 is 0 Å². The van der Waals surface area contributed by atoms with Crippen LogP contribution in [0.3, 0.4) is 0 Å². The van der Waals surface area contributed by atoms with Crippen LogP contribution in [0.15, 0.2) is 30.3 Å². The molecule has 4 rings (SSSR count). The number of hydrogen-bond acceptors (Lipinski definition) is 1. The van der Waals surface area contributed by atoms with E-state index < -0.39 is 0 Å². The highest BCUT2D eigenvalue weighted by Crippen LogP contribution is 2.49. The number of carbonyl (C=O) groups excluding carboxylic acids is 1. The van der Waals surface area contributed by atoms with Crippen molar-refractivity contribution in [1.82, 2.24) is 4.90 Å². The number of likely N-dealkylation sites (tertiary alicyclic amines) is 1. The van der Waals surface area contributed by atoms with Crippen molar-refractivity contribution >= 4 is 5.91 Å². The third-order valence-electron chi connectivity index (χ3n) is 6.13. The van der Waals surface area contributed by atoms with Gasteiger partial charge in [-0.25, -0.2) is 0 Å². The van der Waals surface area contributed by atoms with Gasteiger partial charge in [-0.2, -0.15) is 0 Å². The minimum Gasteiger partial charge on any atom is -0.342 e. The zero-order valence-electron chi connectivity index (χ0n) is 12.7. The first-order valence-corrected chi connectivity index (χ1v) is 8.65. The van der Waals surface area contributed by atoms with Crippen molar-refractivity contribution in [2.24, 2.45) is 17.8 Å². The van der Waals surface area contributed by atoms with E-state index in [4.69, 9.17) is 0 Å². The quantitative estimate of drug-likeness (QED) is 0.808. The molecule has 0 spiro atoms. The van der Waals surface area contributed by atoms with Crippen LogP contribution in [0, 0.1) is 17.8 Å². The highest BCUT2D eigenvalue weighted by Gasteiger charge is 2.44. The number of fused-ring (bicyclic) bond motifs is 2. The van der Waals surface area contributed by atoms with Crippen LogP contribution in [0.25, 0.3) is 0 Å². The van der Waals surface area contributed by atoms with Gasteiger partial charge in [-0.15, -0.1) is 0 Å². The second kappa shape index (κ2) is 5.47. The van der Waals surface area contributed by atoms with Crippen LogP contribution in [-0.2, 0) is 4.79 Å². The molecule has 2 nitrogen and oxygen atoms in total. The lowest BCUT2D eigenvalue weighted by Gasteiger charge is -2.35. The van der Waals surface area contributed by atoms with Crippen LogP contribution >= 0.6 is 0 Å². The summed E-state index contributed by atoms with van der Waals surface area (Å²) in [6, 6.07) is 10.8. The Labute approximate surface area is 127 Å². The van der Waals surface area contributed by atoms with Crippen LogP contribution in [0.1, 0.15) is 50.0 Å². The number of amides is 1. The fourth-order valence-corrected chi connectivity index (χ4v) is 4.94. The summed E-state index contributed by atoms with van der Waals surface area (Å²) in [5.74, 6) is 3.08.